The fourth-order valence-corrected chi connectivity index (χ4v) is 4.13. The highest BCUT2D eigenvalue weighted by atomic mass is 16.6. The van der Waals surface area contributed by atoms with Crippen LogP contribution in [-0.2, 0) is 6.54 Å². The number of hydrazone groups is 1. The molecular formula is C23H25N9O2. The lowest BCUT2D eigenvalue weighted by Crippen LogP contribution is -2.31. The summed E-state index contributed by atoms with van der Waals surface area (Å²) in [4.78, 5) is 15.5. The molecule has 1 amide bonds. The number of aromatic nitrogens is 5. The maximum Gasteiger partial charge on any atom is 0.292 e. The van der Waals surface area contributed by atoms with Crippen molar-refractivity contribution in [2.24, 2.45) is 5.10 Å². The standard InChI is InChI=1S/C23H25N9O2/c1-15(17-10-9-16-7-3-4-8-18(16)13-17)25-27-23(33)20-19(14-31-11-5-2-6-12-31)26-30-32(20)22-21(24)28-34-29-22/h3-4,7-10,13H,2,5-6,11-12,14H2,1H3,(H2,24,28)(H,27,33)/b25-15+. The lowest BCUT2D eigenvalue weighted by Gasteiger charge is -2.25. The van der Waals surface area contributed by atoms with Crippen molar-refractivity contribution in [2.75, 3.05) is 18.8 Å². The minimum atomic E-state index is -0.473. The number of likely N-dealkylation sites (tertiary alicyclic amines) is 1. The van der Waals surface area contributed by atoms with E-state index in [0.29, 0.717) is 18.0 Å². The summed E-state index contributed by atoms with van der Waals surface area (Å²) in [5.41, 5.74) is 10.8. The topological polar surface area (TPSA) is 140 Å². The summed E-state index contributed by atoms with van der Waals surface area (Å²) in [6.07, 6.45) is 3.44. The minimum absolute atomic E-state index is 0.0133. The highest BCUT2D eigenvalue weighted by molar-refractivity contribution is 6.03. The van der Waals surface area contributed by atoms with Gasteiger partial charge < -0.3 is 5.73 Å². The Kier molecular flexibility index (Phi) is 6.00. The van der Waals surface area contributed by atoms with E-state index in [9.17, 15) is 4.79 Å². The fourth-order valence-electron chi connectivity index (χ4n) is 4.13. The zero-order chi connectivity index (χ0) is 23.5. The van der Waals surface area contributed by atoms with Gasteiger partial charge in [-0.2, -0.15) is 9.78 Å². The molecule has 1 saturated heterocycles. The van der Waals surface area contributed by atoms with Gasteiger partial charge in [-0.15, -0.1) is 5.10 Å². The largest absolute Gasteiger partial charge is 0.378 e. The summed E-state index contributed by atoms with van der Waals surface area (Å²) < 4.78 is 5.95. The molecule has 174 valence electrons. The molecular weight excluding hydrogens is 434 g/mol. The lowest BCUT2D eigenvalue weighted by molar-refractivity contribution is 0.0944. The average molecular weight is 460 g/mol. The second-order valence-electron chi connectivity index (χ2n) is 8.31. The third-order valence-electron chi connectivity index (χ3n) is 5.97. The van der Waals surface area contributed by atoms with E-state index in [-0.39, 0.29) is 17.3 Å². The van der Waals surface area contributed by atoms with Gasteiger partial charge >= 0.3 is 0 Å². The number of carbonyl (C=O) groups excluding carboxylic acids is 1. The maximum atomic E-state index is 13.3. The van der Waals surface area contributed by atoms with E-state index in [1.165, 1.54) is 11.1 Å². The normalized spacial score (nSPS) is 15.0. The predicted octanol–water partition coefficient (Wildman–Crippen LogP) is 2.53. The average Bonchev–Trinajstić information content (AvgIpc) is 3.48. The van der Waals surface area contributed by atoms with Crippen LogP contribution < -0.4 is 11.2 Å². The molecule has 2 aromatic heterocycles. The molecule has 0 aliphatic carbocycles. The van der Waals surface area contributed by atoms with Crippen LogP contribution in [-0.4, -0.2) is 54.9 Å². The van der Waals surface area contributed by atoms with Gasteiger partial charge in [-0.25, -0.2) is 10.1 Å². The van der Waals surface area contributed by atoms with Gasteiger partial charge in [-0.1, -0.05) is 48.0 Å². The van der Waals surface area contributed by atoms with Crippen molar-refractivity contribution in [3.05, 3.63) is 59.4 Å². The van der Waals surface area contributed by atoms with Crippen LogP contribution in [0.3, 0.4) is 0 Å². The van der Waals surface area contributed by atoms with E-state index >= 15 is 0 Å². The van der Waals surface area contributed by atoms with Gasteiger partial charge in [0.05, 0.1) is 5.71 Å². The molecule has 1 aliphatic heterocycles. The zero-order valence-corrected chi connectivity index (χ0v) is 18.8. The van der Waals surface area contributed by atoms with Crippen molar-refractivity contribution in [1.82, 2.24) is 35.6 Å². The second-order valence-corrected chi connectivity index (χ2v) is 8.31. The molecule has 11 nitrogen and oxygen atoms in total. The molecule has 0 unspecified atom stereocenters. The van der Waals surface area contributed by atoms with Crippen molar-refractivity contribution in [3.63, 3.8) is 0 Å². The lowest BCUT2D eigenvalue weighted by atomic mass is 10.0. The first kappa shape index (κ1) is 21.7. The van der Waals surface area contributed by atoms with E-state index in [1.54, 1.807) is 0 Å². The van der Waals surface area contributed by atoms with Crippen molar-refractivity contribution < 1.29 is 9.42 Å². The SMILES string of the molecule is C/C(=N\NC(=O)c1c(CN2CCCCC2)nnn1-c1nonc1N)c1ccc2ccccc2c1. The van der Waals surface area contributed by atoms with Gasteiger partial charge in [0.2, 0.25) is 11.6 Å². The van der Waals surface area contributed by atoms with Gasteiger partial charge in [0.1, 0.15) is 5.69 Å². The zero-order valence-electron chi connectivity index (χ0n) is 18.8. The first-order valence-corrected chi connectivity index (χ1v) is 11.2. The molecule has 0 radical (unpaired) electrons. The van der Waals surface area contributed by atoms with Gasteiger partial charge in [0.25, 0.3) is 5.91 Å². The summed E-state index contributed by atoms with van der Waals surface area (Å²) in [5.74, 6) is -0.350. The van der Waals surface area contributed by atoms with Crippen LogP contribution in [0.4, 0.5) is 5.82 Å². The Bertz CT molecular complexity index is 1350. The third-order valence-corrected chi connectivity index (χ3v) is 5.97. The number of piperidine rings is 1. The van der Waals surface area contributed by atoms with Crippen molar-refractivity contribution in [1.29, 1.82) is 0 Å². The Morgan fingerprint density at radius 2 is 1.91 bits per heavy atom. The number of benzene rings is 2. The molecule has 1 aliphatic rings. The van der Waals surface area contributed by atoms with Crippen LogP contribution in [0.5, 0.6) is 0 Å². The maximum absolute atomic E-state index is 13.3. The van der Waals surface area contributed by atoms with Gasteiger partial charge in [0.15, 0.2) is 5.69 Å². The van der Waals surface area contributed by atoms with Crippen molar-refractivity contribution in [3.8, 4) is 5.82 Å². The van der Waals surface area contributed by atoms with Crippen LogP contribution in [0.2, 0.25) is 0 Å². The quantitative estimate of drug-likeness (QED) is 0.331. The Morgan fingerprint density at radius 3 is 2.68 bits per heavy atom. The van der Waals surface area contributed by atoms with Crippen LogP contribution >= 0.6 is 0 Å². The van der Waals surface area contributed by atoms with E-state index in [2.05, 4.69) is 42.1 Å². The van der Waals surface area contributed by atoms with E-state index in [1.807, 2.05) is 43.3 Å². The van der Waals surface area contributed by atoms with Crippen molar-refractivity contribution >= 4 is 28.2 Å². The molecule has 0 spiro atoms. The van der Waals surface area contributed by atoms with Crippen LogP contribution in [0.25, 0.3) is 16.6 Å². The number of nitrogens with zero attached hydrogens (tertiary/aromatic N) is 7. The van der Waals surface area contributed by atoms with Gasteiger partial charge in [0, 0.05) is 6.54 Å². The van der Waals surface area contributed by atoms with Crippen molar-refractivity contribution in [2.45, 2.75) is 32.7 Å². The highest BCUT2D eigenvalue weighted by Gasteiger charge is 2.26. The van der Waals surface area contributed by atoms with Gasteiger partial charge in [-0.3, -0.25) is 9.69 Å². The molecule has 4 aromatic rings. The summed E-state index contributed by atoms with van der Waals surface area (Å²) in [6, 6.07) is 14.1. The number of hydrogen-bond acceptors (Lipinski definition) is 9. The molecule has 0 bridgehead atoms. The summed E-state index contributed by atoms with van der Waals surface area (Å²) in [7, 11) is 0. The van der Waals surface area contributed by atoms with E-state index < -0.39 is 5.91 Å². The van der Waals surface area contributed by atoms with Crippen LogP contribution in [0.1, 0.15) is 47.9 Å². The van der Waals surface area contributed by atoms with E-state index in [4.69, 9.17) is 10.4 Å². The number of fused-ring (bicyclic) bond motifs is 1. The molecule has 3 heterocycles. The number of hydrogen-bond donors (Lipinski definition) is 2. The van der Waals surface area contributed by atoms with Gasteiger partial charge in [-0.05, 0) is 65.6 Å². The number of amides is 1. The summed E-state index contributed by atoms with van der Waals surface area (Å²) in [6.45, 7) is 4.22. The Labute approximate surface area is 195 Å². The third kappa shape index (κ3) is 4.37. The molecule has 34 heavy (non-hydrogen) atoms. The smallest absolute Gasteiger partial charge is 0.292 e. The first-order valence-electron chi connectivity index (χ1n) is 11.2. The predicted molar refractivity (Wildman–Crippen MR) is 126 cm³/mol. The number of anilines is 1. The summed E-state index contributed by atoms with van der Waals surface area (Å²) >= 11 is 0. The number of carbonyl (C=O) groups is 1. The Balaban J connectivity index is 1.43. The van der Waals surface area contributed by atoms with E-state index in [0.717, 1.165) is 42.3 Å². The molecule has 0 atom stereocenters. The minimum Gasteiger partial charge on any atom is -0.378 e. The molecule has 0 saturated carbocycles. The number of nitrogens with two attached hydrogens (primary N) is 1. The molecule has 5 rings (SSSR count). The summed E-state index contributed by atoms with van der Waals surface area (Å²) in [5, 5.41) is 22.3. The molecule has 3 N–H and O–H groups in total. The highest BCUT2D eigenvalue weighted by Crippen LogP contribution is 2.19. The monoisotopic (exact) mass is 459 g/mol. The molecule has 11 heteroatoms. The first-order chi connectivity index (χ1) is 16.6. The Hall–Kier alpha value is -4.12. The fraction of sp³-hybridized carbons (Fsp3) is 0.304. The molecule has 1 fully saturated rings. The molecule has 2 aromatic carbocycles. The van der Waals surface area contributed by atoms with Crippen LogP contribution in [0, 0.1) is 0 Å². The Morgan fingerprint density at radius 1 is 1.12 bits per heavy atom. The number of nitrogens with one attached hydrogen (secondary N) is 1. The van der Waals surface area contributed by atoms with Crippen LogP contribution in [0.15, 0.2) is 52.2 Å². The second kappa shape index (κ2) is 9.40. The number of rotatable bonds is 6. The number of nitrogen functional groups attached to an aromatic ring is 1.